The molecule has 1 heterocycles. The second-order valence-corrected chi connectivity index (χ2v) is 6.07. The van der Waals surface area contributed by atoms with Gasteiger partial charge in [-0.05, 0) is 48.2 Å². The van der Waals surface area contributed by atoms with Gasteiger partial charge in [0.2, 0.25) is 11.7 Å². The van der Waals surface area contributed by atoms with Gasteiger partial charge in [0.25, 0.3) is 5.56 Å². The third-order valence-electron chi connectivity index (χ3n) is 3.74. The van der Waals surface area contributed by atoms with Gasteiger partial charge in [0, 0.05) is 5.02 Å². The van der Waals surface area contributed by atoms with Gasteiger partial charge in [0.15, 0.2) is 0 Å². The first kappa shape index (κ1) is 17.0. The van der Waals surface area contributed by atoms with Crippen molar-refractivity contribution in [2.75, 3.05) is 5.73 Å². The number of hydrogen-bond donors (Lipinski definition) is 2. The number of nitrogens with two attached hydrogens (primary N) is 1. The molecule has 0 fully saturated rings. The van der Waals surface area contributed by atoms with Crippen molar-refractivity contribution in [2.45, 2.75) is 19.8 Å². The van der Waals surface area contributed by atoms with Gasteiger partial charge in [-0.1, -0.05) is 42.8 Å². The Morgan fingerprint density at radius 3 is 2.64 bits per heavy atom. The van der Waals surface area contributed by atoms with Crippen LogP contribution in [0.4, 0.5) is 5.95 Å². The average Bonchev–Trinajstić information content (AvgIpc) is 2.59. The summed E-state index contributed by atoms with van der Waals surface area (Å²) in [6.45, 7) is 1.89. The molecule has 0 spiro atoms. The van der Waals surface area contributed by atoms with Gasteiger partial charge in [-0.15, -0.1) is 0 Å². The van der Waals surface area contributed by atoms with Crippen LogP contribution < -0.4 is 16.0 Å². The summed E-state index contributed by atoms with van der Waals surface area (Å²) in [6.07, 6.45) is 1.29. The number of aromatic amines is 1. The lowest BCUT2D eigenvalue weighted by Gasteiger charge is -2.10. The molecule has 25 heavy (non-hydrogen) atoms. The van der Waals surface area contributed by atoms with Gasteiger partial charge in [-0.25, -0.2) is 4.98 Å². The number of hydrogen-bond acceptors (Lipinski definition) is 4. The normalized spacial score (nSPS) is 10.6. The van der Waals surface area contributed by atoms with Crippen LogP contribution in [-0.2, 0) is 12.8 Å². The van der Waals surface area contributed by atoms with E-state index in [1.807, 2.05) is 49.4 Å². The Morgan fingerprint density at radius 2 is 1.92 bits per heavy atom. The van der Waals surface area contributed by atoms with Crippen LogP contribution in [0.1, 0.15) is 23.7 Å². The molecular formula is C19H18ClN3O2. The molecule has 3 rings (SSSR count). The molecule has 128 valence electrons. The standard InChI is InChI=1S/C19H18ClN3O2/c1-2-16-17(18(24)23-19(21)22-16)25-15-5-3-4-13(11-15)10-12-6-8-14(20)9-7-12/h3-9,11H,2,10H2,1H3,(H3,21,22,23,24). The molecule has 0 amide bonds. The zero-order valence-corrected chi connectivity index (χ0v) is 14.5. The minimum absolute atomic E-state index is 0.0886. The SMILES string of the molecule is CCc1nc(N)[nH]c(=O)c1Oc1cccc(Cc2ccc(Cl)cc2)c1. The maximum atomic E-state index is 12.1. The highest BCUT2D eigenvalue weighted by atomic mass is 35.5. The van der Waals surface area contributed by atoms with Gasteiger partial charge in [0.1, 0.15) is 5.75 Å². The molecular weight excluding hydrogens is 338 g/mol. The molecule has 0 aliphatic heterocycles. The molecule has 0 atom stereocenters. The first-order valence-corrected chi connectivity index (χ1v) is 8.33. The van der Waals surface area contributed by atoms with E-state index in [-0.39, 0.29) is 17.3 Å². The predicted molar refractivity (Wildman–Crippen MR) is 99.4 cm³/mol. The van der Waals surface area contributed by atoms with Crippen molar-refractivity contribution >= 4 is 17.5 Å². The van der Waals surface area contributed by atoms with E-state index in [4.69, 9.17) is 22.1 Å². The summed E-state index contributed by atoms with van der Waals surface area (Å²) < 4.78 is 5.80. The number of aryl methyl sites for hydroxylation is 1. The quantitative estimate of drug-likeness (QED) is 0.726. The Balaban J connectivity index is 1.85. The van der Waals surface area contributed by atoms with Gasteiger partial charge in [0.05, 0.1) is 5.69 Å². The predicted octanol–water partition coefficient (Wildman–Crippen LogP) is 3.95. The van der Waals surface area contributed by atoms with Crippen LogP contribution in [-0.4, -0.2) is 9.97 Å². The van der Waals surface area contributed by atoms with E-state index in [9.17, 15) is 4.79 Å². The van der Waals surface area contributed by atoms with E-state index < -0.39 is 0 Å². The van der Waals surface area contributed by atoms with Crippen molar-refractivity contribution in [3.8, 4) is 11.5 Å². The minimum atomic E-state index is -0.382. The number of halogens is 1. The summed E-state index contributed by atoms with van der Waals surface area (Å²) in [4.78, 5) is 18.7. The van der Waals surface area contributed by atoms with Gasteiger partial charge in [-0.2, -0.15) is 0 Å². The van der Waals surface area contributed by atoms with Crippen molar-refractivity contribution in [3.63, 3.8) is 0 Å². The molecule has 0 radical (unpaired) electrons. The number of anilines is 1. The fraction of sp³-hybridized carbons (Fsp3) is 0.158. The van der Waals surface area contributed by atoms with Crippen molar-refractivity contribution < 1.29 is 4.74 Å². The molecule has 6 heteroatoms. The summed E-state index contributed by atoms with van der Waals surface area (Å²) in [5, 5.41) is 0.711. The second kappa shape index (κ2) is 7.40. The van der Waals surface area contributed by atoms with Gasteiger partial charge >= 0.3 is 0 Å². The summed E-state index contributed by atoms with van der Waals surface area (Å²) in [7, 11) is 0. The topological polar surface area (TPSA) is 81.0 Å². The fourth-order valence-corrected chi connectivity index (χ4v) is 2.67. The minimum Gasteiger partial charge on any atom is -0.450 e. The number of benzene rings is 2. The van der Waals surface area contributed by atoms with Crippen LogP contribution in [0.25, 0.3) is 0 Å². The molecule has 3 aromatic rings. The zero-order valence-electron chi connectivity index (χ0n) is 13.8. The average molecular weight is 356 g/mol. The highest BCUT2D eigenvalue weighted by molar-refractivity contribution is 6.30. The molecule has 0 saturated carbocycles. The maximum Gasteiger partial charge on any atom is 0.295 e. The zero-order chi connectivity index (χ0) is 17.8. The monoisotopic (exact) mass is 355 g/mol. The van der Waals surface area contributed by atoms with Crippen LogP contribution in [0.2, 0.25) is 5.02 Å². The largest absolute Gasteiger partial charge is 0.450 e. The molecule has 2 aromatic carbocycles. The van der Waals surface area contributed by atoms with Crippen LogP contribution in [0.15, 0.2) is 53.3 Å². The third kappa shape index (κ3) is 4.19. The second-order valence-electron chi connectivity index (χ2n) is 5.63. The summed E-state index contributed by atoms with van der Waals surface area (Å²) in [5.41, 5.74) is 7.94. The lowest BCUT2D eigenvalue weighted by atomic mass is 10.1. The van der Waals surface area contributed by atoms with Crippen molar-refractivity contribution in [2.24, 2.45) is 0 Å². The number of nitrogens with one attached hydrogen (secondary N) is 1. The van der Waals surface area contributed by atoms with E-state index in [1.54, 1.807) is 6.07 Å². The van der Waals surface area contributed by atoms with Crippen molar-refractivity contribution in [1.29, 1.82) is 0 Å². The first-order valence-electron chi connectivity index (χ1n) is 7.95. The summed E-state index contributed by atoms with van der Waals surface area (Å²) in [5.74, 6) is 0.851. The third-order valence-corrected chi connectivity index (χ3v) is 3.99. The number of H-pyrrole nitrogens is 1. The summed E-state index contributed by atoms with van der Waals surface area (Å²) >= 11 is 5.92. The maximum absolute atomic E-state index is 12.1. The fourth-order valence-electron chi connectivity index (χ4n) is 2.55. The lowest BCUT2D eigenvalue weighted by molar-refractivity contribution is 0.464. The Morgan fingerprint density at radius 1 is 1.16 bits per heavy atom. The molecule has 0 unspecified atom stereocenters. The van der Waals surface area contributed by atoms with Crippen LogP contribution >= 0.6 is 11.6 Å². The van der Waals surface area contributed by atoms with Crippen molar-refractivity contribution in [3.05, 3.63) is 80.7 Å². The highest BCUT2D eigenvalue weighted by Gasteiger charge is 2.12. The van der Waals surface area contributed by atoms with E-state index in [0.29, 0.717) is 22.9 Å². The van der Waals surface area contributed by atoms with Gasteiger partial charge < -0.3 is 10.5 Å². The Labute approximate surface area is 150 Å². The number of aromatic nitrogens is 2. The number of nitrogens with zero attached hydrogens (tertiary/aromatic N) is 1. The smallest absolute Gasteiger partial charge is 0.295 e. The van der Waals surface area contributed by atoms with Gasteiger partial charge in [-0.3, -0.25) is 9.78 Å². The number of rotatable bonds is 5. The Kier molecular flexibility index (Phi) is 5.05. The van der Waals surface area contributed by atoms with E-state index >= 15 is 0 Å². The van der Waals surface area contributed by atoms with E-state index in [0.717, 1.165) is 17.5 Å². The Hall–Kier alpha value is -2.79. The highest BCUT2D eigenvalue weighted by Crippen LogP contribution is 2.23. The molecule has 3 N–H and O–H groups in total. The van der Waals surface area contributed by atoms with E-state index in [1.165, 1.54) is 0 Å². The molecule has 0 saturated heterocycles. The van der Waals surface area contributed by atoms with Crippen LogP contribution in [0.3, 0.4) is 0 Å². The molecule has 0 bridgehead atoms. The van der Waals surface area contributed by atoms with Crippen LogP contribution in [0, 0.1) is 0 Å². The number of nitrogen functional groups attached to an aromatic ring is 1. The number of ether oxygens (including phenoxy) is 1. The Bertz CT molecular complexity index is 936. The summed E-state index contributed by atoms with van der Waals surface area (Å²) in [6, 6.07) is 15.3. The molecule has 5 nitrogen and oxygen atoms in total. The first-order chi connectivity index (χ1) is 12.0. The lowest BCUT2D eigenvalue weighted by Crippen LogP contribution is -2.16. The van der Waals surface area contributed by atoms with Crippen molar-refractivity contribution in [1.82, 2.24) is 9.97 Å². The van der Waals surface area contributed by atoms with Crippen LogP contribution in [0.5, 0.6) is 11.5 Å². The molecule has 1 aromatic heterocycles. The molecule has 0 aliphatic rings. The van der Waals surface area contributed by atoms with E-state index in [2.05, 4.69) is 9.97 Å². The molecule has 0 aliphatic carbocycles.